The smallest absolute Gasteiger partial charge is 0.311 e. The van der Waals surface area contributed by atoms with Crippen LogP contribution in [0, 0.1) is 10.1 Å². The van der Waals surface area contributed by atoms with Crippen LogP contribution in [0.2, 0.25) is 0 Å². The number of nitro groups is 1. The molecule has 8 heteroatoms. The first kappa shape index (κ1) is 14.7. The van der Waals surface area contributed by atoms with E-state index in [0.717, 1.165) is 19.1 Å². The topological polar surface area (TPSA) is 101 Å². The molecule has 1 saturated carbocycles. The summed E-state index contributed by atoms with van der Waals surface area (Å²) in [6, 6.07) is 4.39. The summed E-state index contributed by atoms with van der Waals surface area (Å²) in [7, 11) is -3.69. The van der Waals surface area contributed by atoms with Gasteiger partial charge in [-0.15, -0.1) is 0 Å². The zero-order chi connectivity index (χ0) is 14.9. The first-order chi connectivity index (χ1) is 9.36. The van der Waals surface area contributed by atoms with Crippen molar-refractivity contribution in [1.82, 2.24) is 0 Å². The van der Waals surface area contributed by atoms with Crippen LogP contribution in [0.3, 0.4) is 0 Å². The molecule has 1 aromatic carbocycles. The molecule has 1 N–H and O–H groups in total. The summed E-state index contributed by atoms with van der Waals surface area (Å²) in [6.07, 6.45) is 2.73. The number of benzene rings is 1. The molecule has 0 amide bonds. The van der Waals surface area contributed by atoms with Crippen molar-refractivity contribution in [3.05, 3.63) is 28.3 Å². The number of anilines is 1. The van der Waals surface area contributed by atoms with Gasteiger partial charge in [0.05, 0.1) is 11.5 Å². The summed E-state index contributed by atoms with van der Waals surface area (Å²) < 4.78 is 23.4. The first-order valence-corrected chi connectivity index (χ1v) is 8.10. The lowest BCUT2D eigenvalue weighted by Crippen LogP contribution is -2.29. The summed E-state index contributed by atoms with van der Waals surface area (Å²) in [4.78, 5) is 12.1. The van der Waals surface area contributed by atoms with E-state index in [9.17, 15) is 18.5 Å². The summed E-state index contributed by atoms with van der Waals surface area (Å²) in [5, 5.41) is 20.4. The van der Waals surface area contributed by atoms with Crippen molar-refractivity contribution < 1.29 is 18.4 Å². The number of rotatable bonds is 6. The van der Waals surface area contributed by atoms with E-state index in [4.69, 9.17) is 5.11 Å². The van der Waals surface area contributed by atoms with E-state index < -0.39 is 20.4 Å². The highest BCUT2D eigenvalue weighted by molar-refractivity contribution is 7.90. The van der Waals surface area contributed by atoms with Crippen LogP contribution >= 0.6 is 0 Å². The summed E-state index contributed by atoms with van der Waals surface area (Å²) in [5.41, 5.74) is -0.148. The van der Waals surface area contributed by atoms with Crippen molar-refractivity contribution in [1.29, 1.82) is 0 Å². The number of hydrogen-bond donors (Lipinski definition) is 1. The van der Waals surface area contributed by atoms with Crippen LogP contribution in [0.25, 0.3) is 0 Å². The van der Waals surface area contributed by atoms with Crippen molar-refractivity contribution >= 4 is 21.2 Å². The van der Waals surface area contributed by atoms with Crippen LogP contribution in [-0.4, -0.2) is 43.9 Å². The molecule has 1 fully saturated rings. The summed E-state index contributed by atoms with van der Waals surface area (Å²) >= 11 is 0. The minimum Gasteiger partial charge on any atom is -0.395 e. The fourth-order valence-electron chi connectivity index (χ4n) is 2.22. The Morgan fingerprint density at radius 2 is 2.10 bits per heavy atom. The molecule has 1 aromatic rings. The Labute approximate surface area is 116 Å². The van der Waals surface area contributed by atoms with Crippen molar-refractivity contribution in [2.45, 2.75) is 23.8 Å². The zero-order valence-electron chi connectivity index (χ0n) is 11.0. The fourth-order valence-corrected chi connectivity index (χ4v) is 3.07. The number of nitrogens with zero attached hydrogens (tertiary/aromatic N) is 2. The van der Waals surface area contributed by atoms with Crippen LogP contribution in [0.1, 0.15) is 12.8 Å². The molecule has 0 spiro atoms. The van der Waals surface area contributed by atoms with Crippen LogP contribution in [0.15, 0.2) is 23.1 Å². The highest BCUT2D eigenvalue weighted by Crippen LogP contribution is 2.39. The van der Waals surface area contributed by atoms with Gasteiger partial charge in [0.1, 0.15) is 10.6 Å². The van der Waals surface area contributed by atoms with Gasteiger partial charge in [0.25, 0.3) is 0 Å². The lowest BCUT2D eigenvalue weighted by Gasteiger charge is -2.23. The highest BCUT2D eigenvalue weighted by atomic mass is 32.2. The standard InChI is InChI=1S/C12H16N2O5S/c1-20(18,19)11-4-2-3-10(12(11)14(16)17)13(7-8-15)9-5-6-9/h2-4,9,15H,5-8H2,1H3. The average molecular weight is 300 g/mol. The van der Waals surface area contributed by atoms with Crippen molar-refractivity contribution in [2.75, 3.05) is 24.3 Å². The second kappa shape index (κ2) is 5.37. The largest absolute Gasteiger partial charge is 0.395 e. The van der Waals surface area contributed by atoms with E-state index in [0.29, 0.717) is 0 Å². The zero-order valence-corrected chi connectivity index (χ0v) is 11.8. The Morgan fingerprint density at radius 1 is 1.45 bits per heavy atom. The third-order valence-corrected chi connectivity index (χ3v) is 4.33. The van der Waals surface area contributed by atoms with Gasteiger partial charge in [-0.1, -0.05) is 6.07 Å². The second-order valence-corrected chi connectivity index (χ2v) is 6.79. The third kappa shape index (κ3) is 2.91. The van der Waals surface area contributed by atoms with Gasteiger partial charge in [-0.3, -0.25) is 10.1 Å². The van der Waals surface area contributed by atoms with E-state index in [1.165, 1.54) is 18.2 Å². The van der Waals surface area contributed by atoms with Gasteiger partial charge in [0.2, 0.25) is 0 Å². The second-order valence-electron chi connectivity index (χ2n) is 4.80. The Balaban J connectivity index is 2.60. The molecular formula is C12H16N2O5S. The molecule has 1 aliphatic rings. The van der Waals surface area contributed by atoms with E-state index >= 15 is 0 Å². The molecule has 0 radical (unpaired) electrons. The molecule has 2 rings (SSSR count). The van der Waals surface area contributed by atoms with Gasteiger partial charge in [0.15, 0.2) is 9.84 Å². The number of aliphatic hydroxyl groups excluding tert-OH is 1. The van der Waals surface area contributed by atoms with Crippen molar-refractivity contribution in [2.24, 2.45) is 0 Å². The number of hydrogen-bond acceptors (Lipinski definition) is 6. The molecule has 110 valence electrons. The van der Waals surface area contributed by atoms with E-state index in [1.807, 2.05) is 0 Å². The molecule has 0 aliphatic heterocycles. The predicted octanol–water partition coefficient (Wildman–Crippen LogP) is 0.959. The molecule has 0 bridgehead atoms. The molecule has 20 heavy (non-hydrogen) atoms. The Morgan fingerprint density at radius 3 is 2.55 bits per heavy atom. The van der Waals surface area contributed by atoms with Gasteiger partial charge >= 0.3 is 5.69 Å². The summed E-state index contributed by atoms with van der Waals surface area (Å²) in [5.74, 6) is 0. The van der Waals surface area contributed by atoms with Crippen LogP contribution < -0.4 is 4.90 Å². The Kier molecular flexibility index (Phi) is 3.96. The number of sulfone groups is 1. The normalized spacial score (nSPS) is 15.1. The average Bonchev–Trinajstić information content (AvgIpc) is 3.18. The summed E-state index contributed by atoms with van der Waals surface area (Å²) in [6.45, 7) is 0.107. The van der Waals surface area contributed by atoms with Gasteiger partial charge in [-0.05, 0) is 25.0 Å². The maximum atomic E-state index is 11.7. The van der Waals surface area contributed by atoms with Crippen LogP contribution in [0.4, 0.5) is 11.4 Å². The van der Waals surface area contributed by atoms with Gasteiger partial charge in [-0.2, -0.15) is 0 Å². The molecule has 0 atom stereocenters. The lowest BCUT2D eigenvalue weighted by molar-refractivity contribution is -0.387. The Hall–Kier alpha value is -1.67. The van der Waals surface area contributed by atoms with Gasteiger partial charge in [-0.25, -0.2) is 8.42 Å². The van der Waals surface area contributed by atoms with Crippen molar-refractivity contribution in [3.8, 4) is 0 Å². The van der Waals surface area contributed by atoms with E-state index in [1.54, 1.807) is 4.90 Å². The maximum Gasteiger partial charge on any atom is 0.311 e. The van der Waals surface area contributed by atoms with Gasteiger partial charge in [0, 0.05) is 18.8 Å². The van der Waals surface area contributed by atoms with Crippen LogP contribution in [0.5, 0.6) is 0 Å². The SMILES string of the molecule is CS(=O)(=O)c1cccc(N(CCO)C2CC2)c1[N+](=O)[O-]. The predicted molar refractivity (Wildman–Crippen MR) is 73.7 cm³/mol. The molecule has 1 aliphatic carbocycles. The van der Waals surface area contributed by atoms with Crippen molar-refractivity contribution in [3.63, 3.8) is 0 Å². The number of para-hydroxylation sites is 1. The Bertz CT molecular complexity index is 625. The lowest BCUT2D eigenvalue weighted by atomic mass is 10.2. The number of aliphatic hydroxyl groups is 1. The minimum absolute atomic E-state index is 0.135. The fraction of sp³-hybridized carbons (Fsp3) is 0.500. The molecular weight excluding hydrogens is 284 g/mol. The minimum atomic E-state index is -3.69. The highest BCUT2D eigenvalue weighted by Gasteiger charge is 2.35. The monoisotopic (exact) mass is 300 g/mol. The maximum absolute atomic E-state index is 11.7. The molecule has 0 heterocycles. The molecule has 7 nitrogen and oxygen atoms in total. The molecule has 0 saturated heterocycles. The quantitative estimate of drug-likeness (QED) is 0.620. The van der Waals surface area contributed by atoms with Crippen LogP contribution in [-0.2, 0) is 9.84 Å². The number of nitro benzene ring substituents is 1. The van der Waals surface area contributed by atoms with E-state index in [2.05, 4.69) is 0 Å². The van der Waals surface area contributed by atoms with Gasteiger partial charge < -0.3 is 10.0 Å². The van der Waals surface area contributed by atoms with E-state index in [-0.39, 0.29) is 29.8 Å². The third-order valence-electron chi connectivity index (χ3n) is 3.20. The molecule has 0 unspecified atom stereocenters. The molecule has 0 aromatic heterocycles. The first-order valence-electron chi connectivity index (χ1n) is 6.21.